The largest absolute Gasteiger partial charge is 0.373 e. The van der Waals surface area contributed by atoms with Gasteiger partial charge in [0.05, 0.1) is 0 Å². The fraction of sp³-hybridized carbons (Fsp3) is 0.400. The molecule has 1 amide bonds. The van der Waals surface area contributed by atoms with Gasteiger partial charge < -0.3 is 10.6 Å². The first-order valence-corrected chi connectivity index (χ1v) is 4.62. The Morgan fingerprint density at radius 2 is 2.14 bits per heavy atom. The molecular formula is C10H15N3O. The van der Waals surface area contributed by atoms with Crippen molar-refractivity contribution < 1.29 is 4.79 Å². The van der Waals surface area contributed by atoms with Crippen molar-refractivity contribution in [2.75, 3.05) is 19.4 Å². The van der Waals surface area contributed by atoms with E-state index in [0.717, 1.165) is 17.8 Å². The molecule has 0 saturated heterocycles. The molecule has 4 nitrogen and oxygen atoms in total. The van der Waals surface area contributed by atoms with Crippen molar-refractivity contribution in [3.8, 4) is 0 Å². The van der Waals surface area contributed by atoms with Crippen molar-refractivity contribution in [1.29, 1.82) is 0 Å². The number of amides is 1. The molecule has 0 spiro atoms. The Morgan fingerprint density at radius 3 is 2.64 bits per heavy atom. The molecule has 76 valence electrons. The highest BCUT2D eigenvalue weighted by Crippen LogP contribution is 2.13. The number of nitrogens with zero attached hydrogens (tertiary/aromatic N) is 1. The molecule has 4 heteroatoms. The van der Waals surface area contributed by atoms with Gasteiger partial charge in [0.25, 0.3) is 5.91 Å². The lowest BCUT2D eigenvalue weighted by Crippen LogP contribution is -2.19. The predicted octanol–water partition coefficient (Wildman–Crippen LogP) is 1.05. The Balaban J connectivity index is 3.07. The van der Waals surface area contributed by atoms with Gasteiger partial charge in [0.1, 0.15) is 11.5 Å². The number of pyridine rings is 1. The average molecular weight is 193 g/mol. The first kappa shape index (κ1) is 10.5. The first-order chi connectivity index (χ1) is 6.72. The zero-order valence-electron chi connectivity index (χ0n) is 8.72. The van der Waals surface area contributed by atoms with E-state index in [2.05, 4.69) is 22.5 Å². The van der Waals surface area contributed by atoms with Crippen molar-refractivity contribution in [3.05, 3.63) is 23.4 Å². The summed E-state index contributed by atoms with van der Waals surface area (Å²) in [7, 11) is 3.39. The molecular weight excluding hydrogens is 178 g/mol. The fourth-order valence-corrected chi connectivity index (χ4v) is 1.24. The summed E-state index contributed by atoms with van der Waals surface area (Å²) in [6.07, 6.45) is 0.900. The molecule has 0 bridgehead atoms. The van der Waals surface area contributed by atoms with E-state index in [1.807, 2.05) is 6.07 Å². The van der Waals surface area contributed by atoms with E-state index in [-0.39, 0.29) is 5.91 Å². The molecule has 2 N–H and O–H groups in total. The quantitative estimate of drug-likeness (QED) is 0.754. The summed E-state index contributed by atoms with van der Waals surface area (Å²) in [4.78, 5) is 15.5. The Labute approximate surface area is 83.7 Å². The van der Waals surface area contributed by atoms with Gasteiger partial charge in [-0.25, -0.2) is 4.98 Å². The molecule has 0 atom stereocenters. The molecule has 1 rings (SSSR count). The maximum atomic E-state index is 11.3. The van der Waals surface area contributed by atoms with Crippen LogP contribution in [0.2, 0.25) is 0 Å². The van der Waals surface area contributed by atoms with Crippen LogP contribution in [-0.2, 0) is 6.42 Å². The summed E-state index contributed by atoms with van der Waals surface area (Å²) in [5.41, 5.74) is 1.55. The van der Waals surface area contributed by atoms with Gasteiger partial charge in [-0.2, -0.15) is 0 Å². The summed E-state index contributed by atoms with van der Waals surface area (Å²) in [5.74, 6) is 0.609. The number of anilines is 1. The lowest BCUT2D eigenvalue weighted by atomic mass is 10.2. The lowest BCUT2D eigenvalue weighted by Gasteiger charge is -2.07. The van der Waals surface area contributed by atoms with Crippen LogP contribution in [0.3, 0.4) is 0 Å². The molecule has 0 aliphatic rings. The number of hydrogen-bond acceptors (Lipinski definition) is 3. The maximum absolute atomic E-state index is 11.3. The highest BCUT2D eigenvalue weighted by molar-refractivity contribution is 5.92. The zero-order chi connectivity index (χ0) is 10.6. The van der Waals surface area contributed by atoms with Gasteiger partial charge in [0.2, 0.25) is 0 Å². The van der Waals surface area contributed by atoms with Crippen LogP contribution in [0.25, 0.3) is 0 Å². The Morgan fingerprint density at radius 1 is 1.43 bits per heavy atom. The topological polar surface area (TPSA) is 54.0 Å². The van der Waals surface area contributed by atoms with E-state index in [9.17, 15) is 4.79 Å². The minimum Gasteiger partial charge on any atom is -0.373 e. The van der Waals surface area contributed by atoms with Crippen molar-refractivity contribution in [2.45, 2.75) is 13.3 Å². The molecule has 1 aromatic rings. The molecule has 0 aliphatic carbocycles. The van der Waals surface area contributed by atoms with Crippen LogP contribution < -0.4 is 10.6 Å². The van der Waals surface area contributed by atoms with Gasteiger partial charge in [0.15, 0.2) is 0 Å². The van der Waals surface area contributed by atoms with Crippen molar-refractivity contribution in [1.82, 2.24) is 10.3 Å². The monoisotopic (exact) mass is 193 g/mol. The van der Waals surface area contributed by atoms with Crippen molar-refractivity contribution >= 4 is 11.7 Å². The van der Waals surface area contributed by atoms with Crippen molar-refractivity contribution in [3.63, 3.8) is 0 Å². The summed E-state index contributed by atoms with van der Waals surface area (Å²) in [6, 6.07) is 3.65. The van der Waals surface area contributed by atoms with E-state index in [4.69, 9.17) is 0 Å². The fourth-order valence-electron chi connectivity index (χ4n) is 1.24. The van der Waals surface area contributed by atoms with Gasteiger partial charge in [-0.05, 0) is 18.1 Å². The summed E-state index contributed by atoms with van der Waals surface area (Å²) in [5, 5.41) is 5.52. The second kappa shape index (κ2) is 4.60. The average Bonchev–Trinajstić information content (AvgIpc) is 2.26. The van der Waals surface area contributed by atoms with Crippen LogP contribution in [0.5, 0.6) is 0 Å². The van der Waals surface area contributed by atoms with E-state index < -0.39 is 0 Å². The van der Waals surface area contributed by atoms with Crippen molar-refractivity contribution in [2.24, 2.45) is 0 Å². The third-order valence-electron chi connectivity index (χ3n) is 2.06. The number of rotatable bonds is 3. The minimum atomic E-state index is -0.163. The molecule has 0 radical (unpaired) electrons. The highest BCUT2D eigenvalue weighted by Gasteiger charge is 2.07. The van der Waals surface area contributed by atoms with E-state index >= 15 is 0 Å². The molecule has 0 fully saturated rings. The number of aryl methyl sites for hydroxylation is 1. The van der Waals surface area contributed by atoms with E-state index in [1.165, 1.54) is 0 Å². The number of hydrogen-bond donors (Lipinski definition) is 2. The minimum absolute atomic E-state index is 0.163. The second-order valence-corrected chi connectivity index (χ2v) is 2.89. The van der Waals surface area contributed by atoms with Gasteiger partial charge in [-0.3, -0.25) is 4.79 Å². The molecule has 0 aliphatic heterocycles. The smallest absolute Gasteiger partial charge is 0.269 e. The van der Waals surface area contributed by atoms with E-state index in [0.29, 0.717) is 5.69 Å². The van der Waals surface area contributed by atoms with Gasteiger partial charge >= 0.3 is 0 Å². The Kier molecular flexibility index (Phi) is 3.45. The van der Waals surface area contributed by atoms with Gasteiger partial charge in [0, 0.05) is 14.1 Å². The maximum Gasteiger partial charge on any atom is 0.269 e. The van der Waals surface area contributed by atoms with Gasteiger partial charge in [-0.15, -0.1) is 0 Å². The normalized spacial score (nSPS) is 9.64. The molecule has 14 heavy (non-hydrogen) atoms. The third-order valence-corrected chi connectivity index (χ3v) is 2.06. The van der Waals surface area contributed by atoms with E-state index in [1.54, 1.807) is 20.2 Å². The van der Waals surface area contributed by atoms with Crippen LogP contribution in [0.15, 0.2) is 12.1 Å². The molecule has 0 unspecified atom stereocenters. The predicted molar refractivity (Wildman–Crippen MR) is 56.6 cm³/mol. The summed E-state index contributed by atoms with van der Waals surface area (Å²) >= 11 is 0. The third kappa shape index (κ3) is 2.02. The van der Waals surface area contributed by atoms with Crippen LogP contribution in [0.4, 0.5) is 5.82 Å². The number of aromatic nitrogens is 1. The number of carbonyl (C=O) groups excluding carboxylic acids is 1. The SMILES string of the molecule is CCc1ccc(C(=O)NC)nc1NC. The number of carbonyl (C=O) groups is 1. The first-order valence-electron chi connectivity index (χ1n) is 4.62. The zero-order valence-corrected chi connectivity index (χ0v) is 8.72. The van der Waals surface area contributed by atoms with Crippen LogP contribution in [-0.4, -0.2) is 25.0 Å². The van der Waals surface area contributed by atoms with Crippen LogP contribution in [0.1, 0.15) is 23.0 Å². The molecule has 0 saturated carbocycles. The molecule has 1 aromatic heterocycles. The van der Waals surface area contributed by atoms with Gasteiger partial charge in [-0.1, -0.05) is 13.0 Å². The summed E-state index contributed by atoms with van der Waals surface area (Å²) < 4.78 is 0. The Hall–Kier alpha value is -1.58. The molecule has 0 aromatic carbocycles. The second-order valence-electron chi connectivity index (χ2n) is 2.89. The Bertz CT molecular complexity index is 336. The summed E-state index contributed by atoms with van der Waals surface area (Å²) in [6.45, 7) is 2.05. The standard InChI is InChI=1S/C10H15N3O/c1-4-7-5-6-8(10(14)12-3)13-9(7)11-2/h5-6H,4H2,1-3H3,(H,11,13)(H,12,14). The highest BCUT2D eigenvalue weighted by atomic mass is 16.1. The molecule has 1 heterocycles. The lowest BCUT2D eigenvalue weighted by molar-refractivity contribution is 0.0958. The van der Waals surface area contributed by atoms with Crippen LogP contribution in [0, 0.1) is 0 Å². The van der Waals surface area contributed by atoms with Crippen LogP contribution >= 0.6 is 0 Å². The number of nitrogens with one attached hydrogen (secondary N) is 2.